The third kappa shape index (κ3) is 3.77. The molecule has 0 radical (unpaired) electrons. The Morgan fingerprint density at radius 3 is 2.65 bits per heavy atom. The molecule has 0 aliphatic heterocycles. The number of benzene rings is 1. The molecule has 20 heavy (non-hydrogen) atoms. The molecule has 1 aromatic rings. The summed E-state index contributed by atoms with van der Waals surface area (Å²) in [5.74, 6) is 0.703. The molecule has 0 heterocycles. The van der Waals surface area contributed by atoms with Crippen LogP contribution < -0.4 is 5.32 Å². The molecular weight excluding hydrogens is 405 g/mol. The molecular formula is C15H18Br2ClNO. The standard InChI is InChI=1S/C15H18Br2ClNO/c1-10-4-6-15(9-16,7-5-10)19-14(20)11-2-3-12(17)13(18)8-11/h2-3,8,10H,4-7,9H2,1H3,(H,19,20). The van der Waals surface area contributed by atoms with Crippen molar-refractivity contribution in [3.8, 4) is 0 Å². The molecule has 1 N–H and O–H groups in total. The summed E-state index contributed by atoms with van der Waals surface area (Å²) in [5.41, 5.74) is 0.487. The quantitative estimate of drug-likeness (QED) is 0.667. The first-order chi connectivity index (χ1) is 9.46. The van der Waals surface area contributed by atoms with Crippen LogP contribution >= 0.6 is 43.5 Å². The fraction of sp³-hybridized carbons (Fsp3) is 0.533. The van der Waals surface area contributed by atoms with Crippen LogP contribution in [0.1, 0.15) is 43.0 Å². The Morgan fingerprint density at radius 1 is 1.45 bits per heavy atom. The minimum absolute atomic E-state index is 0.0478. The second kappa shape index (κ2) is 6.80. The number of alkyl halides is 1. The summed E-state index contributed by atoms with van der Waals surface area (Å²) in [6.45, 7) is 2.27. The smallest absolute Gasteiger partial charge is 0.251 e. The fourth-order valence-corrected chi connectivity index (χ4v) is 3.69. The lowest BCUT2D eigenvalue weighted by Crippen LogP contribution is -2.52. The van der Waals surface area contributed by atoms with E-state index in [1.54, 1.807) is 18.2 Å². The Hall–Kier alpha value is -0.0600. The first-order valence-corrected chi connectivity index (χ1v) is 9.08. The van der Waals surface area contributed by atoms with Gasteiger partial charge in [-0.2, -0.15) is 0 Å². The van der Waals surface area contributed by atoms with E-state index >= 15 is 0 Å². The minimum Gasteiger partial charge on any atom is -0.346 e. The van der Waals surface area contributed by atoms with Crippen molar-refractivity contribution in [3.63, 3.8) is 0 Å². The summed E-state index contributed by atoms with van der Waals surface area (Å²) in [7, 11) is 0. The van der Waals surface area contributed by atoms with Crippen molar-refractivity contribution in [2.45, 2.75) is 38.1 Å². The van der Waals surface area contributed by atoms with E-state index in [4.69, 9.17) is 11.6 Å². The van der Waals surface area contributed by atoms with Gasteiger partial charge in [0.05, 0.1) is 10.6 Å². The van der Waals surface area contributed by atoms with Gasteiger partial charge in [-0.25, -0.2) is 0 Å². The Labute approximate surface area is 141 Å². The van der Waals surface area contributed by atoms with Crippen LogP contribution in [0.3, 0.4) is 0 Å². The highest BCUT2D eigenvalue weighted by Gasteiger charge is 2.34. The van der Waals surface area contributed by atoms with Crippen molar-refractivity contribution in [2.75, 3.05) is 5.33 Å². The lowest BCUT2D eigenvalue weighted by atomic mass is 9.78. The Balaban J connectivity index is 2.11. The van der Waals surface area contributed by atoms with Crippen LogP contribution in [-0.2, 0) is 0 Å². The highest BCUT2D eigenvalue weighted by molar-refractivity contribution is 9.10. The van der Waals surface area contributed by atoms with Crippen LogP contribution in [0.5, 0.6) is 0 Å². The van der Waals surface area contributed by atoms with E-state index in [-0.39, 0.29) is 11.4 Å². The average Bonchev–Trinajstić information content (AvgIpc) is 2.44. The van der Waals surface area contributed by atoms with Crippen LogP contribution in [0.2, 0.25) is 5.02 Å². The number of hydrogen-bond acceptors (Lipinski definition) is 1. The van der Waals surface area contributed by atoms with Gasteiger partial charge in [0.25, 0.3) is 5.91 Å². The normalized spacial score (nSPS) is 26.3. The molecule has 1 aromatic carbocycles. The van der Waals surface area contributed by atoms with Crippen LogP contribution in [0.4, 0.5) is 0 Å². The first-order valence-electron chi connectivity index (χ1n) is 6.79. The number of halogens is 3. The van der Waals surface area contributed by atoms with Crippen LogP contribution in [-0.4, -0.2) is 16.8 Å². The van der Waals surface area contributed by atoms with Crippen molar-refractivity contribution in [2.24, 2.45) is 5.92 Å². The second-order valence-corrected chi connectivity index (χ2v) is 7.50. The average molecular weight is 424 g/mol. The van der Waals surface area contributed by atoms with E-state index in [1.807, 2.05) is 0 Å². The van der Waals surface area contributed by atoms with Gasteiger partial charge in [-0.1, -0.05) is 34.5 Å². The first kappa shape index (κ1) is 16.3. The van der Waals surface area contributed by atoms with Gasteiger partial charge in [0.2, 0.25) is 0 Å². The van der Waals surface area contributed by atoms with Crippen molar-refractivity contribution in [1.29, 1.82) is 0 Å². The number of amides is 1. The molecule has 2 rings (SSSR count). The molecule has 1 saturated carbocycles. The summed E-state index contributed by atoms with van der Waals surface area (Å²) in [6.07, 6.45) is 4.37. The molecule has 1 amide bonds. The fourth-order valence-electron chi connectivity index (χ4n) is 2.56. The largest absolute Gasteiger partial charge is 0.346 e. The Kier molecular flexibility index (Phi) is 5.55. The molecule has 1 aliphatic carbocycles. The topological polar surface area (TPSA) is 29.1 Å². The summed E-state index contributed by atoms with van der Waals surface area (Å²) in [4.78, 5) is 12.4. The number of rotatable bonds is 3. The van der Waals surface area contributed by atoms with Gasteiger partial charge >= 0.3 is 0 Å². The molecule has 0 atom stereocenters. The number of carbonyl (C=O) groups is 1. The van der Waals surface area contributed by atoms with Gasteiger partial charge < -0.3 is 5.32 Å². The zero-order valence-electron chi connectivity index (χ0n) is 11.4. The van der Waals surface area contributed by atoms with Gasteiger partial charge in [0, 0.05) is 15.4 Å². The summed E-state index contributed by atoms with van der Waals surface area (Å²) < 4.78 is 0.803. The monoisotopic (exact) mass is 421 g/mol. The van der Waals surface area contributed by atoms with Gasteiger partial charge in [0.1, 0.15) is 0 Å². The van der Waals surface area contributed by atoms with E-state index in [0.717, 1.165) is 41.4 Å². The molecule has 0 unspecified atom stereocenters. The Bertz CT molecular complexity index is 499. The third-order valence-electron chi connectivity index (χ3n) is 4.05. The van der Waals surface area contributed by atoms with Crippen molar-refractivity contribution < 1.29 is 4.79 Å². The zero-order valence-corrected chi connectivity index (χ0v) is 15.3. The van der Waals surface area contributed by atoms with Crippen molar-refractivity contribution in [3.05, 3.63) is 33.3 Å². The SMILES string of the molecule is CC1CCC(CBr)(NC(=O)c2ccc(Br)c(Cl)c2)CC1. The van der Waals surface area contributed by atoms with Crippen LogP contribution in [0.25, 0.3) is 0 Å². The maximum Gasteiger partial charge on any atom is 0.251 e. The zero-order chi connectivity index (χ0) is 14.8. The number of carbonyl (C=O) groups excluding carboxylic acids is 1. The molecule has 5 heteroatoms. The number of hydrogen-bond donors (Lipinski definition) is 1. The molecule has 0 saturated heterocycles. The predicted octanol–water partition coefficient (Wildman–Crippen LogP) is 5.18. The lowest BCUT2D eigenvalue weighted by molar-refractivity contribution is 0.0874. The maximum atomic E-state index is 12.4. The van der Waals surface area contributed by atoms with Gasteiger partial charge in [0.15, 0.2) is 0 Å². The third-order valence-corrected chi connectivity index (χ3v) is 6.35. The van der Waals surface area contributed by atoms with E-state index in [2.05, 4.69) is 44.1 Å². The van der Waals surface area contributed by atoms with E-state index in [9.17, 15) is 4.79 Å². The Morgan fingerprint density at radius 2 is 2.10 bits per heavy atom. The molecule has 110 valence electrons. The van der Waals surface area contributed by atoms with E-state index < -0.39 is 0 Å². The highest BCUT2D eigenvalue weighted by Crippen LogP contribution is 2.33. The number of nitrogens with one attached hydrogen (secondary N) is 1. The minimum atomic E-state index is -0.122. The molecule has 2 nitrogen and oxygen atoms in total. The summed E-state index contributed by atoms with van der Waals surface area (Å²) >= 11 is 13.0. The van der Waals surface area contributed by atoms with E-state index in [1.165, 1.54) is 0 Å². The van der Waals surface area contributed by atoms with Crippen molar-refractivity contribution in [1.82, 2.24) is 5.32 Å². The molecule has 1 fully saturated rings. The van der Waals surface area contributed by atoms with E-state index in [0.29, 0.717) is 10.6 Å². The predicted molar refractivity (Wildman–Crippen MR) is 90.8 cm³/mol. The molecule has 0 spiro atoms. The van der Waals surface area contributed by atoms with Gasteiger partial charge in [-0.15, -0.1) is 0 Å². The maximum absolute atomic E-state index is 12.4. The molecule has 0 aromatic heterocycles. The van der Waals surface area contributed by atoms with Gasteiger partial charge in [-0.05, 0) is 65.7 Å². The lowest BCUT2D eigenvalue weighted by Gasteiger charge is -2.39. The summed E-state index contributed by atoms with van der Waals surface area (Å²) in [6, 6.07) is 5.30. The van der Waals surface area contributed by atoms with Gasteiger partial charge in [-0.3, -0.25) is 4.79 Å². The summed E-state index contributed by atoms with van der Waals surface area (Å²) in [5, 5.41) is 4.56. The highest BCUT2D eigenvalue weighted by atomic mass is 79.9. The second-order valence-electron chi connectivity index (χ2n) is 5.68. The molecule has 1 aliphatic rings. The molecule has 0 bridgehead atoms. The van der Waals surface area contributed by atoms with Crippen LogP contribution in [0, 0.1) is 5.92 Å². The van der Waals surface area contributed by atoms with Crippen LogP contribution in [0.15, 0.2) is 22.7 Å². The van der Waals surface area contributed by atoms with Crippen molar-refractivity contribution >= 4 is 49.4 Å².